The molecule has 0 fully saturated rings. The fourth-order valence-electron chi connectivity index (χ4n) is 3.01. The van der Waals surface area contributed by atoms with E-state index in [1.165, 1.54) is 6.08 Å². The van der Waals surface area contributed by atoms with Crippen LogP contribution >= 0.6 is 11.8 Å². The van der Waals surface area contributed by atoms with Crippen molar-refractivity contribution < 1.29 is 19.1 Å². The number of esters is 1. The summed E-state index contributed by atoms with van der Waals surface area (Å²) in [7, 11) is 0. The van der Waals surface area contributed by atoms with Gasteiger partial charge in [0.05, 0.1) is 29.0 Å². The van der Waals surface area contributed by atoms with E-state index in [0.29, 0.717) is 28.7 Å². The smallest absolute Gasteiger partial charge is 0.336 e. The molecule has 1 aromatic carbocycles. The van der Waals surface area contributed by atoms with E-state index in [1.54, 1.807) is 19.1 Å². The summed E-state index contributed by atoms with van der Waals surface area (Å²) in [6.07, 6.45) is 1.47. The van der Waals surface area contributed by atoms with E-state index in [2.05, 4.69) is 17.6 Å². The lowest BCUT2D eigenvalue weighted by Crippen LogP contribution is -2.30. The maximum Gasteiger partial charge on any atom is 0.336 e. The molecule has 0 saturated heterocycles. The van der Waals surface area contributed by atoms with Crippen LogP contribution in [0.3, 0.4) is 0 Å². The number of thioether (sulfide) groups is 1. The molecule has 0 saturated carbocycles. The molecule has 1 heterocycles. The molecule has 2 N–H and O–H groups in total. The van der Waals surface area contributed by atoms with Gasteiger partial charge in [-0.1, -0.05) is 36.5 Å². The number of aliphatic imine (C=N–C) groups is 1. The number of hydrogen-bond acceptors (Lipinski definition) is 7. The van der Waals surface area contributed by atoms with E-state index in [4.69, 9.17) is 15.2 Å². The molecule has 0 radical (unpaired) electrons. The first kappa shape index (κ1) is 22.2. The third-order valence-electron chi connectivity index (χ3n) is 4.18. The van der Waals surface area contributed by atoms with Crippen LogP contribution in [0.15, 0.2) is 53.2 Å². The van der Waals surface area contributed by atoms with Gasteiger partial charge >= 0.3 is 5.97 Å². The Morgan fingerprint density at radius 2 is 2.07 bits per heavy atom. The number of allylic oxidation sites excluding steroid dienone is 1. The van der Waals surface area contributed by atoms with Gasteiger partial charge in [0, 0.05) is 11.6 Å². The summed E-state index contributed by atoms with van der Waals surface area (Å²) in [5.41, 5.74) is 6.74. The Kier molecular flexibility index (Phi) is 8.04. The van der Waals surface area contributed by atoms with Crippen LogP contribution in [0.1, 0.15) is 25.3 Å². The Balaban J connectivity index is 2.52. The second-order valence-corrected chi connectivity index (χ2v) is 7.17. The van der Waals surface area contributed by atoms with E-state index in [-0.39, 0.29) is 12.4 Å². The minimum Gasteiger partial charge on any atom is -0.494 e. The monoisotopic (exact) mass is 413 g/mol. The predicted octanol–water partition coefficient (Wildman–Crippen LogP) is 2.94. The average molecular weight is 413 g/mol. The molecule has 1 aromatic rings. The number of nitrogens with two attached hydrogens (primary N) is 1. The molecule has 1 aliphatic rings. The maximum absolute atomic E-state index is 12.7. The number of carbonyl (C=O) groups is 2. The minimum atomic E-state index is -0.757. The molecule has 152 valence electrons. The topological polar surface area (TPSA) is 115 Å². The SMILES string of the molecule is C=CCOC(=O)C1=C(C)N=C(SCC(N)=O)C(C#N)[C@H]1c1ccc(OCC)cc1. The fraction of sp³-hybridized carbons (Fsp3) is 0.333. The highest BCUT2D eigenvalue weighted by Crippen LogP contribution is 2.41. The van der Waals surface area contributed by atoms with Gasteiger partial charge in [0.2, 0.25) is 5.91 Å². The Labute approximate surface area is 174 Å². The number of primary amides is 1. The fourth-order valence-corrected chi connectivity index (χ4v) is 3.87. The van der Waals surface area contributed by atoms with Crippen LogP contribution < -0.4 is 10.5 Å². The van der Waals surface area contributed by atoms with Crippen molar-refractivity contribution in [3.8, 4) is 11.8 Å². The first-order chi connectivity index (χ1) is 13.9. The summed E-state index contributed by atoms with van der Waals surface area (Å²) in [5, 5.41) is 10.3. The predicted molar refractivity (Wildman–Crippen MR) is 112 cm³/mol. The van der Waals surface area contributed by atoms with Crippen molar-refractivity contribution in [2.45, 2.75) is 19.8 Å². The van der Waals surface area contributed by atoms with Gasteiger partial charge in [0.25, 0.3) is 0 Å². The van der Waals surface area contributed by atoms with Crippen LogP contribution in [-0.4, -0.2) is 35.9 Å². The van der Waals surface area contributed by atoms with Gasteiger partial charge in [-0.05, 0) is 31.5 Å². The zero-order valence-corrected chi connectivity index (χ0v) is 17.2. The molecule has 0 spiro atoms. The van der Waals surface area contributed by atoms with Crippen LogP contribution in [0, 0.1) is 17.2 Å². The third kappa shape index (κ3) is 5.48. The van der Waals surface area contributed by atoms with Crippen LogP contribution in [-0.2, 0) is 14.3 Å². The molecule has 1 unspecified atom stereocenters. The number of amides is 1. The van der Waals surface area contributed by atoms with E-state index in [9.17, 15) is 14.9 Å². The van der Waals surface area contributed by atoms with Crippen molar-refractivity contribution in [2.24, 2.45) is 16.6 Å². The van der Waals surface area contributed by atoms with Crippen molar-refractivity contribution in [1.82, 2.24) is 0 Å². The van der Waals surface area contributed by atoms with Crippen molar-refractivity contribution in [1.29, 1.82) is 5.26 Å². The number of nitrogens with zero attached hydrogens (tertiary/aromatic N) is 2. The highest BCUT2D eigenvalue weighted by Gasteiger charge is 2.39. The zero-order chi connectivity index (χ0) is 21.4. The summed E-state index contributed by atoms with van der Waals surface area (Å²) in [5.74, 6) is -1.73. The lowest BCUT2D eigenvalue weighted by molar-refractivity contribution is -0.138. The van der Waals surface area contributed by atoms with Gasteiger partial charge in [-0.15, -0.1) is 0 Å². The summed E-state index contributed by atoms with van der Waals surface area (Å²) >= 11 is 1.11. The van der Waals surface area contributed by atoms with E-state index < -0.39 is 23.7 Å². The van der Waals surface area contributed by atoms with Crippen molar-refractivity contribution in [2.75, 3.05) is 19.0 Å². The van der Waals surface area contributed by atoms with Gasteiger partial charge in [-0.2, -0.15) is 5.26 Å². The third-order valence-corrected chi connectivity index (χ3v) is 5.25. The Bertz CT molecular complexity index is 884. The van der Waals surface area contributed by atoms with Gasteiger partial charge in [0.1, 0.15) is 18.3 Å². The molecule has 1 amide bonds. The number of rotatable bonds is 8. The Morgan fingerprint density at radius 1 is 1.38 bits per heavy atom. The lowest BCUT2D eigenvalue weighted by atomic mass is 9.79. The molecule has 8 heteroatoms. The summed E-state index contributed by atoms with van der Waals surface area (Å²) in [4.78, 5) is 28.4. The second-order valence-electron chi connectivity index (χ2n) is 6.18. The standard InChI is InChI=1S/C21H23N3O4S/c1-4-10-28-21(26)18-13(3)24-20(29-12-17(23)25)16(11-22)19(18)14-6-8-15(9-7-14)27-5-2/h4,6-9,16,19H,1,5,10,12H2,2-3H3,(H2,23,25)/t16?,19-/m1/s1. The van der Waals surface area contributed by atoms with Crippen LogP contribution in [0.2, 0.25) is 0 Å². The van der Waals surface area contributed by atoms with Crippen molar-refractivity contribution in [3.63, 3.8) is 0 Å². The van der Waals surface area contributed by atoms with Gasteiger partial charge in [-0.3, -0.25) is 4.79 Å². The molecule has 0 bridgehead atoms. The Morgan fingerprint density at radius 3 is 2.62 bits per heavy atom. The van der Waals surface area contributed by atoms with Gasteiger partial charge in [-0.25, -0.2) is 9.79 Å². The highest BCUT2D eigenvalue weighted by atomic mass is 32.2. The van der Waals surface area contributed by atoms with Gasteiger partial charge < -0.3 is 15.2 Å². The molecular formula is C21H23N3O4S. The molecular weight excluding hydrogens is 390 g/mol. The quantitative estimate of drug-likeness (QED) is 0.518. The summed E-state index contributed by atoms with van der Waals surface area (Å²) in [6, 6.07) is 9.44. The Hall–Kier alpha value is -3.05. The van der Waals surface area contributed by atoms with E-state index in [1.807, 2.05) is 19.1 Å². The molecule has 29 heavy (non-hydrogen) atoms. The molecule has 0 aromatic heterocycles. The minimum absolute atomic E-state index is 0.00344. The lowest BCUT2D eigenvalue weighted by Gasteiger charge is -2.29. The van der Waals surface area contributed by atoms with Crippen molar-refractivity contribution >= 4 is 28.7 Å². The van der Waals surface area contributed by atoms with E-state index >= 15 is 0 Å². The first-order valence-corrected chi connectivity index (χ1v) is 10.0. The highest BCUT2D eigenvalue weighted by molar-refractivity contribution is 8.14. The number of hydrogen-bond donors (Lipinski definition) is 1. The molecule has 2 rings (SSSR count). The van der Waals surface area contributed by atoms with Gasteiger partial charge in [0.15, 0.2) is 0 Å². The molecule has 2 atom stereocenters. The number of nitriles is 1. The van der Waals surface area contributed by atoms with Crippen LogP contribution in [0.4, 0.5) is 0 Å². The average Bonchev–Trinajstić information content (AvgIpc) is 2.70. The second kappa shape index (κ2) is 10.5. The van der Waals surface area contributed by atoms with E-state index in [0.717, 1.165) is 17.3 Å². The van der Waals surface area contributed by atoms with Crippen LogP contribution in [0.25, 0.3) is 0 Å². The molecule has 1 aliphatic heterocycles. The molecule has 7 nitrogen and oxygen atoms in total. The van der Waals surface area contributed by atoms with Crippen molar-refractivity contribution in [3.05, 3.63) is 53.8 Å². The summed E-state index contributed by atoms with van der Waals surface area (Å²) in [6.45, 7) is 7.71. The number of benzene rings is 1. The normalized spacial score (nSPS) is 18.4. The van der Waals surface area contributed by atoms with Crippen LogP contribution in [0.5, 0.6) is 5.75 Å². The largest absolute Gasteiger partial charge is 0.494 e. The number of carbonyl (C=O) groups excluding carboxylic acids is 2. The first-order valence-electron chi connectivity index (χ1n) is 9.03. The zero-order valence-electron chi connectivity index (χ0n) is 16.4. The molecule has 0 aliphatic carbocycles. The number of ether oxygens (including phenoxy) is 2. The maximum atomic E-state index is 12.7. The summed E-state index contributed by atoms with van der Waals surface area (Å²) < 4.78 is 10.7.